The molecule has 2 bridgehead atoms. The first-order chi connectivity index (χ1) is 7.79. The van der Waals surface area contributed by atoms with Crippen molar-refractivity contribution in [2.75, 3.05) is 0 Å². The van der Waals surface area contributed by atoms with Gasteiger partial charge in [0.15, 0.2) is 0 Å². The molecule has 0 saturated carbocycles. The van der Waals surface area contributed by atoms with Crippen molar-refractivity contribution in [2.24, 2.45) is 11.7 Å². The third kappa shape index (κ3) is 2.41. The Bertz CT molecular complexity index is 311. The van der Waals surface area contributed by atoms with Crippen molar-refractivity contribution >= 4 is 6.09 Å². The summed E-state index contributed by atoms with van der Waals surface area (Å²) in [5.41, 5.74) is 5.69. The van der Waals surface area contributed by atoms with Gasteiger partial charge in [-0.1, -0.05) is 6.92 Å². The number of rotatable bonds is 0. The van der Waals surface area contributed by atoms with E-state index < -0.39 is 5.60 Å². The van der Waals surface area contributed by atoms with E-state index in [0.717, 1.165) is 19.3 Å². The van der Waals surface area contributed by atoms with E-state index in [1.807, 2.05) is 25.7 Å². The number of amides is 1. The predicted octanol–water partition coefficient (Wildman–Crippen LogP) is 2.12. The molecular weight excluding hydrogens is 216 g/mol. The summed E-state index contributed by atoms with van der Waals surface area (Å²) < 4.78 is 5.49. The molecule has 0 unspecified atom stereocenters. The van der Waals surface area contributed by atoms with Crippen molar-refractivity contribution in [3.05, 3.63) is 0 Å². The van der Waals surface area contributed by atoms with E-state index >= 15 is 0 Å². The molecule has 2 saturated heterocycles. The Labute approximate surface area is 103 Å². The number of fused-ring (bicyclic) bond motifs is 2. The molecule has 4 nitrogen and oxygen atoms in total. The number of carbonyl (C=O) groups is 1. The molecule has 4 heteroatoms. The molecule has 17 heavy (non-hydrogen) atoms. The number of carbonyl (C=O) groups excluding carboxylic acids is 1. The van der Waals surface area contributed by atoms with Gasteiger partial charge in [0.05, 0.1) is 0 Å². The second-order valence-electron chi connectivity index (χ2n) is 6.44. The Morgan fingerprint density at radius 3 is 2.59 bits per heavy atom. The van der Waals surface area contributed by atoms with E-state index in [0.29, 0.717) is 12.0 Å². The fourth-order valence-corrected chi connectivity index (χ4v) is 3.07. The third-order valence-electron chi connectivity index (χ3n) is 3.98. The summed E-state index contributed by atoms with van der Waals surface area (Å²) in [4.78, 5) is 14.1. The van der Waals surface area contributed by atoms with Crippen molar-refractivity contribution in [2.45, 2.75) is 70.7 Å². The molecule has 0 aromatic rings. The molecule has 2 aliphatic heterocycles. The minimum Gasteiger partial charge on any atom is -0.444 e. The van der Waals surface area contributed by atoms with Gasteiger partial charge in [0.25, 0.3) is 0 Å². The van der Waals surface area contributed by atoms with E-state index in [4.69, 9.17) is 10.5 Å². The maximum absolute atomic E-state index is 12.2. The molecule has 2 N–H and O–H groups in total. The molecule has 0 aliphatic carbocycles. The van der Waals surface area contributed by atoms with Crippen LogP contribution in [0.3, 0.4) is 0 Å². The SMILES string of the molecule is C[C@H]1[C@H](N)C[C@H]2CC[C@H]1N2C(=O)OC(C)(C)C. The maximum atomic E-state index is 12.2. The van der Waals surface area contributed by atoms with E-state index in [9.17, 15) is 4.79 Å². The van der Waals surface area contributed by atoms with Crippen LogP contribution in [0, 0.1) is 5.92 Å². The Hall–Kier alpha value is -0.770. The smallest absolute Gasteiger partial charge is 0.410 e. The molecule has 2 heterocycles. The molecule has 2 fully saturated rings. The lowest BCUT2D eigenvalue weighted by Gasteiger charge is -2.42. The van der Waals surface area contributed by atoms with Crippen molar-refractivity contribution in [3.8, 4) is 0 Å². The maximum Gasteiger partial charge on any atom is 0.410 e. The highest BCUT2D eigenvalue weighted by atomic mass is 16.6. The predicted molar refractivity (Wildman–Crippen MR) is 66.6 cm³/mol. The highest BCUT2D eigenvalue weighted by molar-refractivity contribution is 5.69. The summed E-state index contributed by atoms with van der Waals surface area (Å²) in [6, 6.07) is 0.797. The topological polar surface area (TPSA) is 55.6 Å². The second kappa shape index (κ2) is 4.16. The van der Waals surface area contributed by atoms with Crippen LogP contribution in [0.5, 0.6) is 0 Å². The second-order valence-corrected chi connectivity index (χ2v) is 6.44. The first-order valence-electron chi connectivity index (χ1n) is 6.56. The number of nitrogens with two attached hydrogens (primary N) is 1. The Kier molecular flexibility index (Phi) is 3.10. The van der Waals surface area contributed by atoms with Crippen LogP contribution >= 0.6 is 0 Å². The van der Waals surface area contributed by atoms with Crippen LogP contribution in [0.15, 0.2) is 0 Å². The Morgan fingerprint density at radius 1 is 1.35 bits per heavy atom. The lowest BCUT2D eigenvalue weighted by molar-refractivity contribution is -0.00265. The van der Waals surface area contributed by atoms with Gasteiger partial charge in [-0.3, -0.25) is 0 Å². The van der Waals surface area contributed by atoms with Gasteiger partial charge in [0.2, 0.25) is 0 Å². The molecule has 0 spiro atoms. The quantitative estimate of drug-likeness (QED) is 0.705. The van der Waals surface area contributed by atoms with Crippen molar-refractivity contribution < 1.29 is 9.53 Å². The Morgan fingerprint density at radius 2 is 2.00 bits per heavy atom. The van der Waals surface area contributed by atoms with Gasteiger partial charge in [0.1, 0.15) is 5.60 Å². The Balaban J connectivity index is 2.10. The lowest BCUT2D eigenvalue weighted by Crippen LogP contribution is -2.55. The van der Waals surface area contributed by atoms with E-state index in [2.05, 4.69) is 6.92 Å². The number of hydrogen-bond donors (Lipinski definition) is 1. The van der Waals surface area contributed by atoms with E-state index in [1.165, 1.54) is 0 Å². The molecule has 0 aromatic carbocycles. The third-order valence-corrected chi connectivity index (χ3v) is 3.98. The van der Waals surface area contributed by atoms with Crippen LogP contribution < -0.4 is 5.73 Å². The van der Waals surface area contributed by atoms with Crippen LogP contribution in [0.1, 0.15) is 47.0 Å². The number of piperidine rings is 1. The molecular formula is C13H24N2O2. The van der Waals surface area contributed by atoms with E-state index in [1.54, 1.807) is 0 Å². The monoisotopic (exact) mass is 240 g/mol. The summed E-state index contributed by atoms with van der Waals surface area (Å²) in [6.45, 7) is 7.87. The van der Waals surface area contributed by atoms with Gasteiger partial charge in [-0.05, 0) is 46.0 Å². The number of ether oxygens (including phenoxy) is 1. The number of nitrogens with zero attached hydrogens (tertiary/aromatic N) is 1. The zero-order chi connectivity index (χ0) is 12.8. The highest BCUT2D eigenvalue weighted by Crippen LogP contribution is 2.39. The minimum absolute atomic E-state index is 0.163. The molecule has 2 rings (SSSR count). The summed E-state index contributed by atoms with van der Waals surface area (Å²) >= 11 is 0. The van der Waals surface area contributed by atoms with Gasteiger partial charge < -0.3 is 15.4 Å². The fourth-order valence-electron chi connectivity index (χ4n) is 3.07. The summed E-state index contributed by atoms with van der Waals surface area (Å²) in [6.07, 6.45) is 2.89. The minimum atomic E-state index is -0.417. The standard InChI is InChI=1S/C13H24N2O2/c1-8-10(14)7-9-5-6-11(8)15(9)12(16)17-13(2,3)4/h8-11H,5-7,14H2,1-4H3/t8-,9+,10+,11+/m0/s1. The molecule has 98 valence electrons. The van der Waals surface area contributed by atoms with Crippen molar-refractivity contribution in [1.29, 1.82) is 0 Å². The van der Waals surface area contributed by atoms with Gasteiger partial charge in [0, 0.05) is 18.1 Å². The van der Waals surface area contributed by atoms with Crippen LogP contribution in [0.4, 0.5) is 4.79 Å². The lowest BCUT2D eigenvalue weighted by atomic mass is 9.88. The average molecular weight is 240 g/mol. The zero-order valence-electron chi connectivity index (χ0n) is 11.3. The normalized spacial score (nSPS) is 37.1. The zero-order valence-corrected chi connectivity index (χ0v) is 11.3. The van der Waals surface area contributed by atoms with Crippen LogP contribution in [0.2, 0.25) is 0 Å². The first-order valence-corrected chi connectivity index (χ1v) is 6.56. The first kappa shape index (κ1) is 12.7. The molecule has 0 aromatic heterocycles. The van der Waals surface area contributed by atoms with Gasteiger partial charge in [-0.2, -0.15) is 0 Å². The molecule has 0 radical (unpaired) electrons. The van der Waals surface area contributed by atoms with Crippen LogP contribution in [-0.2, 0) is 4.74 Å². The highest BCUT2D eigenvalue weighted by Gasteiger charge is 2.47. The fraction of sp³-hybridized carbons (Fsp3) is 0.923. The van der Waals surface area contributed by atoms with Gasteiger partial charge >= 0.3 is 6.09 Å². The van der Waals surface area contributed by atoms with Crippen LogP contribution in [0.25, 0.3) is 0 Å². The van der Waals surface area contributed by atoms with Gasteiger partial charge in [-0.25, -0.2) is 4.79 Å². The summed E-state index contributed by atoms with van der Waals surface area (Å²) in [5.74, 6) is 0.376. The summed E-state index contributed by atoms with van der Waals surface area (Å²) in [7, 11) is 0. The van der Waals surface area contributed by atoms with Crippen LogP contribution in [-0.4, -0.2) is 34.7 Å². The molecule has 2 aliphatic rings. The average Bonchev–Trinajstić information content (AvgIpc) is 2.51. The van der Waals surface area contributed by atoms with Crippen molar-refractivity contribution in [1.82, 2.24) is 4.90 Å². The number of hydrogen-bond acceptors (Lipinski definition) is 3. The molecule has 4 atom stereocenters. The van der Waals surface area contributed by atoms with Gasteiger partial charge in [-0.15, -0.1) is 0 Å². The largest absolute Gasteiger partial charge is 0.444 e. The van der Waals surface area contributed by atoms with Crippen molar-refractivity contribution in [3.63, 3.8) is 0 Å². The van der Waals surface area contributed by atoms with E-state index in [-0.39, 0.29) is 18.2 Å². The molecule has 1 amide bonds. The summed E-state index contributed by atoms with van der Waals surface area (Å²) in [5, 5.41) is 0.